The molecule has 0 bridgehead atoms. The monoisotopic (exact) mass is 318 g/mol. The van der Waals surface area contributed by atoms with Crippen molar-refractivity contribution >= 4 is 21.6 Å². The van der Waals surface area contributed by atoms with Crippen LogP contribution in [-0.2, 0) is 23.6 Å². The minimum Gasteiger partial charge on any atom is -0.360 e. The average Bonchev–Trinajstić information content (AvgIpc) is 2.86. The van der Waals surface area contributed by atoms with Crippen LogP contribution in [0.2, 0.25) is 5.02 Å². The number of aryl methyl sites for hydroxylation is 3. The Kier molecular flexibility index (Phi) is 3.90. The molecule has 7 nitrogen and oxygen atoms in total. The van der Waals surface area contributed by atoms with Gasteiger partial charge in [0.05, 0.1) is 23.5 Å². The van der Waals surface area contributed by atoms with E-state index in [9.17, 15) is 8.42 Å². The first-order valence-corrected chi connectivity index (χ1v) is 7.62. The van der Waals surface area contributed by atoms with E-state index in [1.54, 1.807) is 25.6 Å². The lowest BCUT2D eigenvalue weighted by atomic mass is 10.4. The Labute approximate surface area is 122 Å². The van der Waals surface area contributed by atoms with Gasteiger partial charge in [0.15, 0.2) is 5.76 Å². The van der Waals surface area contributed by atoms with Gasteiger partial charge in [0.2, 0.25) is 10.0 Å². The molecule has 20 heavy (non-hydrogen) atoms. The lowest BCUT2D eigenvalue weighted by molar-refractivity contribution is 0.389. The third kappa shape index (κ3) is 2.46. The zero-order valence-electron chi connectivity index (χ0n) is 11.6. The Balaban J connectivity index is 2.36. The summed E-state index contributed by atoms with van der Waals surface area (Å²) in [5.74, 6) is 0.269. The Morgan fingerprint density at radius 3 is 2.55 bits per heavy atom. The number of rotatable bonds is 4. The van der Waals surface area contributed by atoms with Crippen LogP contribution >= 0.6 is 11.6 Å². The maximum atomic E-state index is 12.5. The van der Waals surface area contributed by atoms with Gasteiger partial charge in [-0.2, -0.15) is 9.40 Å². The molecular weight excluding hydrogens is 304 g/mol. The number of sulfonamides is 1. The first kappa shape index (κ1) is 15.0. The lowest BCUT2D eigenvalue weighted by Crippen LogP contribution is -2.28. The quantitative estimate of drug-likeness (QED) is 0.853. The van der Waals surface area contributed by atoms with E-state index in [0.29, 0.717) is 16.4 Å². The van der Waals surface area contributed by atoms with Crippen LogP contribution in [0, 0.1) is 13.8 Å². The van der Waals surface area contributed by atoms with E-state index in [4.69, 9.17) is 16.1 Å². The molecule has 2 aromatic heterocycles. The molecule has 2 rings (SSSR count). The topological polar surface area (TPSA) is 81.2 Å². The Morgan fingerprint density at radius 1 is 1.45 bits per heavy atom. The smallest absolute Gasteiger partial charge is 0.248 e. The summed E-state index contributed by atoms with van der Waals surface area (Å²) in [6, 6.07) is 0. The van der Waals surface area contributed by atoms with E-state index in [1.165, 1.54) is 17.5 Å². The molecule has 2 aromatic rings. The van der Waals surface area contributed by atoms with Gasteiger partial charge < -0.3 is 4.52 Å². The van der Waals surface area contributed by atoms with Gasteiger partial charge >= 0.3 is 0 Å². The van der Waals surface area contributed by atoms with Crippen LogP contribution in [0.5, 0.6) is 0 Å². The van der Waals surface area contributed by atoms with Crippen LogP contribution in [0.15, 0.2) is 15.6 Å². The van der Waals surface area contributed by atoms with Crippen LogP contribution < -0.4 is 0 Å². The average molecular weight is 319 g/mol. The second kappa shape index (κ2) is 5.19. The van der Waals surface area contributed by atoms with Crippen molar-refractivity contribution < 1.29 is 12.9 Å². The zero-order valence-corrected chi connectivity index (χ0v) is 13.2. The zero-order chi connectivity index (χ0) is 15.1. The first-order chi connectivity index (χ1) is 9.25. The second-order valence-corrected chi connectivity index (χ2v) is 6.87. The van der Waals surface area contributed by atoms with Crippen molar-refractivity contribution in [1.82, 2.24) is 19.2 Å². The highest BCUT2D eigenvalue weighted by atomic mass is 35.5. The summed E-state index contributed by atoms with van der Waals surface area (Å²) in [5.41, 5.74) is 0.954. The minimum absolute atomic E-state index is 0.0956. The van der Waals surface area contributed by atoms with Crippen molar-refractivity contribution in [2.24, 2.45) is 7.05 Å². The molecule has 0 aromatic carbocycles. The summed E-state index contributed by atoms with van der Waals surface area (Å²) in [4.78, 5) is 0.0956. The molecule has 0 spiro atoms. The molecule has 0 saturated heterocycles. The van der Waals surface area contributed by atoms with Crippen LogP contribution in [0.3, 0.4) is 0 Å². The van der Waals surface area contributed by atoms with Crippen molar-refractivity contribution in [2.75, 3.05) is 7.05 Å². The predicted molar refractivity (Wildman–Crippen MR) is 72.8 cm³/mol. The van der Waals surface area contributed by atoms with E-state index in [1.807, 2.05) is 0 Å². The van der Waals surface area contributed by atoms with Gasteiger partial charge in [0.25, 0.3) is 0 Å². The number of aromatic nitrogens is 3. The second-order valence-electron chi connectivity index (χ2n) is 4.48. The fraction of sp³-hybridized carbons (Fsp3) is 0.455. The van der Waals surface area contributed by atoms with E-state index >= 15 is 0 Å². The molecule has 0 aliphatic carbocycles. The highest BCUT2D eigenvalue weighted by Gasteiger charge is 2.29. The summed E-state index contributed by atoms with van der Waals surface area (Å²) in [6.45, 7) is 3.27. The van der Waals surface area contributed by atoms with Crippen molar-refractivity contribution in [3.05, 3.63) is 28.4 Å². The van der Waals surface area contributed by atoms with Crippen molar-refractivity contribution in [3.8, 4) is 0 Å². The van der Waals surface area contributed by atoms with Gasteiger partial charge in [-0.25, -0.2) is 8.42 Å². The summed E-state index contributed by atoms with van der Waals surface area (Å²) in [6.07, 6.45) is 1.48. The Hall–Kier alpha value is -1.38. The summed E-state index contributed by atoms with van der Waals surface area (Å²) >= 11 is 5.99. The number of nitrogens with zero attached hydrogens (tertiary/aromatic N) is 4. The van der Waals surface area contributed by atoms with Gasteiger partial charge in [-0.1, -0.05) is 16.8 Å². The summed E-state index contributed by atoms with van der Waals surface area (Å²) in [5, 5.41) is 8.08. The molecule has 0 saturated carbocycles. The highest BCUT2D eigenvalue weighted by Crippen LogP contribution is 2.25. The molecule has 0 atom stereocenters. The number of halogens is 1. The SMILES string of the molecule is Cc1noc(C)c1S(=O)(=O)N(C)Cc1c(Cl)cnn1C. The molecule has 0 aliphatic heterocycles. The number of hydrogen-bond acceptors (Lipinski definition) is 5. The van der Waals surface area contributed by atoms with E-state index in [0.717, 1.165) is 0 Å². The minimum atomic E-state index is -3.69. The maximum Gasteiger partial charge on any atom is 0.248 e. The molecule has 0 fully saturated rings. The highest BCUT2D eigenvalue weighted by molar-refractivity contribution is 7.89. The molecule has 9 heteroatoms. The van der Waals surface area contributed by atoms with Crippen LogP contribution in [0.4, 0.5) is 0 Å². The van der Waals surface area contributed by atoms with E-state index in [-0.39, 0.29) is 17.2 Å². The van der Waals surface area contributed by atoms with Crippen molar-refractivity contribution in [2.45, 2.75) is 25.3 Å². The fourth-order valence-electron chi connectivity index (χ4n) is 1.91. The van der Waals surface area contributed by atoms with Crippen LogP contribution in [0.25, 0.3) is 0 Å². The molecule has 0 aliphatic rings. The van der Waals surface area contributed by atoms with Crippen molar-refractivity contribution in [3.63, 3.8) is 0 Å². The van der Waals surface area contributed by atoms with Gasteiger partial charge in [0, 0.05) is 14.1 Å². The molecule has 2 heterocycles. The molecular formula is C11H15ClN4O3S. The molecule has 0 N–H and O–H groups in total. The fourth-order valence-corrected chi connectivity index (χ4v) is 3.55. The molecule has 0 amide bonds. The lowest BCUT2D eigenvalue weighted by Gasteiger charge is -2.17. The van der Waals surface area contributed by atoms with Crippen LogP contribution in [-0.4, -0.2) is 34.7 Å². The first-order valence-electron chi connectivity index (χ1n) is 5.80. The predicted octanol–water partition coefficient (Wildman–Crippen LogP) is 1.50. The van der Waals surface area contributed by atoms with Gasteiger partial charge in [0.1, 0.15) is 10.6 Å². The standard InChI is InChI=1S/C11H15ClN4O3S/c1-7-11(8(2)19-14-7)20(17,18)15(3)6-10-9(12)5-13-16(10)4/h5H,6H2,1-4H3. The molecule has 110 valence electrons. The Bertz CT molecular complexity index is 696. The van der Waals surface area contributed by atoms with Gasteiger partial charge in [-0.15, -0.1) is 0 Å². The third-order valence-corrected chi connectivity index (χ3v) is 5.38. The third-order valence-electron chi connectivity index (χ3n) is 3.02. The van der Waals surface area contributed by atoms with Gasteiger partial charge in [-0.3, -0.25) is 4.68 Å². The van der Waals surface area contributed by atoms with E-state index < -0.39 is 10.0 Å². The Morgan fingerprint density at radius 2 is 2.10 bits per heavy atom. The summed E-state index contributed by atoms with van der Waals surface area (Å²) in [7, 11) is -0.507. The number of hydrogen-bond donors (Lipinski definition) is 0. The normalized spacial score (nSPS) is 12.3. The largest absolute Gasteiger partial charge is 0.360 e. The van der Waals surface area contributed by atoms with E-state index in [2.05, 4.69) is 10.3 Å². The molecule has 0 radical (unpaired) electrons. The van der Waals surface area contributed by atoms with Gasteiger partial charge in [-0.05, 0) is 13.8 Å². The van der Waals surface area contributed by atoms with Crippen LogP contribution in [0.1, 0.15) is 17.1 Å². The summed E-state index contributed by atoms with van der Waals surface area (Å²) < 4.78 is 32.7. The maximum absolute atomic E-state index is 12.5. The van der Waals surface area contributed by atoms with Crippen molar-refractivity contribution in [1.29, 1.82) is 0 Å². The molecule has 0 unspecified atom stereocenters.